The molecular formula is C52H35NO. The number of rotatable bonds is 7. The van der Waals surface area contributed by atoms with Crippen LogP contribution in [0.5, 0.6) is 0 Å². The molecule has 0 aliphatic carbocycles. The van der Waals surface area contributed by atoms with Crippen molar-refractivity contribution in [3.63, 3.8) is 0 Å². The molecule has 9 aromatic carbocycles. The standard InChI is InChI=1S/C52H35NO/c1-3-12-36(13-4-1)38-22-24-39(25-23-38)41-28-33-44(34-29-41)53(43-31-26-40(27-32-43)37-14-5-2-6-15-37)48-20-9-7-17-45(48)46-19-11-16-42-30-35-50-52(51(42)46)47-18-8-10-21-49(47)54-50/h1-35H. The Bertz CT molecular complexity index is 2890. The Labute approximate surface area is 314 Å². The Kier molecular flexibility index (Phi) is 7.85. The first-order chi connectivity index (χ1) is 26.8. The second-order valence-corrected chi connectivity index (χ2v) is 13.7. The molecule has 0 bridgehead atoms. The van der Waals surface area contributed by atoms with Gasteiger partial charge in [-0.1, -0.05) is 170 Å². The van der Waals surface area contributed by atoms with Gasteiger partial charge in [0, 0.05) is 33.1 Å². The van der Waals surface area contributed by atoms with Gasteiger partial charge in [0.1, 0.15) is 11.2 Å². The van der Waals surface area contributed by atoms with E-state index < -0.39 is 0 Å². The molecule has 0 fully saturated rings. The van der Waals surface area contributed by atoms with Gasteiger partial charge in [0.2, 0.25) is 0 Å². The van der Waals surface area contributed by atoms with E-state index in [1.54, 1.807) is 0 Å². The van der Waals surface area contributed by atoms with E-state index in [0.29, 0.717) is 0 Å². The summed E-state index contributed by atoms with van der Waals surface area (Å²) >= 11 is 0. The molecule has 0 aliphatic rings. The van der Waals surface area contributed by atoms with Crippen molar-refractivity contribution in [2.75, 3.05) is 4.90 Å². The topological polar surface area (TPSA) is 16.4 Å². The molecule has 254 valence electrons. The van der Waals surface area contributed by atoms with Crippen molar-refractivity contribution in [1.82, 2.24) is 0 Å². The van der Waals surface area contributed by atoms with Crippen LogP contribution in [-0.2, 0) is 0 Å². The summed E-state index contributed by atoms with van der Waals surface area (Å²) in [6, 6.07) is 75.8. The van der Waals surface area contributed by atoms with Crippen LogP contribution in [0, 0.1) is 0 Å². The molecule has 2 nitrogen and oxygen atoms in total. The summed E-state index contributed by atoms with van der Waals surface area (Å²) < 4.78 is 6.38. The van der Waals surface area contributed by atoms with Gasteiger partial charge in [-0.05, 0) is 86.8 Å². The lowest BCUT2D eigenvalue weighted by atomic mass is 9.93. The van der Waals surface area contributed by atoms with E-state index in [2.05, 4.69) is 211 Å². The predicted molar refractivity (Wildman–Crippen MR) is 228 cm³/mol. The monoisotopic (exact) mass is 689 g/mol. The number of fused-ring (bicyclic) bond motifs is 5. The zero-order valence-electron chi connectivity index (χ0n) is 29.6. The Balaban J connectivity index is 1.12. The molecule has 1 aromatic heterocycles. The highest BCUT2D eigenvalue weighted by Crippen LogP contribution is 2.46. The molecule has 0 atom stereocenters. The van der Waals surface area contributed by atoms with Crippen LogP contribution >= 0.6 is 0 Å². The molecule has 0 saturated carbocycles. The Hall–Kier alpha value is -7.16. The number of nitrogens with zero attached hydrogens (tertiary/aromatic N) is 1. The van der Waals surface area contributed by atoms with Crippen LogP contribution in [0.25, 0.3) is 77.2 Å². The summed E-state index contributed by atoms with van der Waals surface area (Å²) in [5.41, 5.74) is 14.6. The minimum absolute atomic E-state index is 0.898. The maximum absolute atomic E-state index is 6.38. The van der Waals surface area contributed by atoms with Crippen molar-refractivity contribution in [3.8, 4) is 44.5 Å². The van der Waals surface area contributed by atoms with Gasteiger partial charge in [-0.3, -0.25) is 0 Å². The van der Waals surface area contributed by atoms with E-state index in [4.69, 9.17) is 4.42 Å². The molecule has 0 spiro atoms. The van der Waals surface area contributed by atoms with Gasteiger partial charge < -0.3 is 9.32 Å². The van der Waals surface area contributed by atoms with E-state index >= 15 is 0 Å². The fourth-order valence-corrected chi connectivity index (χ4v) is 7.86. The SMILES string of the molecule is c1ccc(-c2ccc(-c3ccc(N(c4ccc(-c5ccccc5)cc4)c4ccccc4-c4cccc5ccc6oc7ccccc7c6c45)cc3)cc2)cc1. The zero-order chi connectivity index (χ0) is 35.8. The number of para-hydroxylation sites is 2. The molecule has 0 N–H and O–H groups in total. The molecule has 0 unspecified atom stereocenters. The lowest BCUT2D eigenvalue weighted by Crippen LogP contribution is -2.11. The van der Waals surface area contributed by atoms with Crippen molar-refractivity contribution in [2.24, 2.45) is 0 Å². The van der Waals surface area contributed by atoms with Crippen molar-refractivity contribution in [3.05, 3.63) is 212 Å². The van der Waals surface area contributed by atoms with Crippen LogP contribution in [0.3, 0.4) is 0 Å². The normalized spacial score (nSPS) is 11.3. The first kappa shape index (κ1) is 31.6. The second kappa shape index (κ2) is 13.4. The number of furan rings is 1. The van der Waals surface area contributed by atoms with Crippen LogP contribution in [0.15, 0.2) is 217 Å². The molecule has 10 aromatic rings. The number of benzene rings is 9. The third-order valence-corrected chi connectivity index (χ3v) is 10.5. The van der Waals surface area contributed by atoms with Crippen molar-refractivity contribution in [2.45, 2.75) is 0 Å². The summed E-state index contributed by atoms with van der Waals surface area (Å²) in [5, 5.41) is 4.66. The molecular weight excluding hydrogens is 655 g/mol. The molecule has 0 radical (unpaired) electrons. The van der Waals surface area contributed by atoms with Crippen molar-refractivity contribution >= 4 is 49.8 Å². The fraction of sp³-hybridized carbons (Fsp3) is 0. The number of hydrogen-bond acceptors (Lipinski definition) is 2. The van der Waals surface area contributed by atoms with Gasteiger partial charge in [0.25, 0.3) is 0 Å². The summed E-state index contributed by atoms with van der Waals surface area (Å²) in [6.07, 6.45) is 0. The minimum Gasteiger partial charge on any atom is -0.456 e. The Morgan fingerprint density at radius 3 is 1.39 bits per heavy atom. The van der Waals surface area contributed by atoms with E-state index in [0.717, 1.165) is 44.6 Å². The third-order valence-electron chi connectivity index (χ3n) is 10.5. The highest BCUT2D eigenvalue weighted by atomic mass is 16.3. The average molecular weight is 690 g/mol. The third kappa shape index (κ3) is 5.62. The van der Waals surface area contributed by atoms with Gasteiger partial charge in [-0.15, -0.1) is 0 Å². The largest absolute Gasteiger partial charge is 0.456 e. The van der Waals surface area contributed by atoms with Crippen LogP contribution in [-0.4, -0.2) is 0 Å². The highest BCUT2D eigenvalue weighted by molar-refractivity contribution is 6.23. The molecule has 10 rings (SSSR count). The Morgan fingerprint density at radius 2 is 0.778 bits per heavy atom. The van der Waals surface area contributed by atoms with Gasteiger partial charge in [-0.2, -0.15) is 0 Å². The first-order valence-electron chi connectivity index (χ1n) is 18.4. The summed E-state index contributed by atoms with van der Waals surface area (Å²) in [4.78, 5) is 2.39. The maximum Gasteiger partial charge on any atom is 0.136 e. The van der Waals surface area contributed by atoms with Crippen LogP contribution in [0.2, 0.25) is 0 Å². The lowest BCUT2D eigenvalue weighted by molar-refractivity contribution is 0.669. The van der Waals surface area contributed by atoms with E-state index in [-0.39, 0.29) is 0 Å². The highest BCUT2D eigenvalue weighted by Gasteiger charge is 2.21. The van der Waals surface area contributed by atoms with Crippen LogP contribution < -0.4 is 4.90 Å². The van der Waals surface area contributed by atoms with E-state index in [9.17, 15) is 0 Å². The maximum atomic E-state index is 6.38. The molecule has 0 amide bonds. The van der Waals surface area contributed by atoms with E-state index in [1.165, 1.54) is 49.7 Å². The molecule has 2 heteroatoms. The first-order valence-corrected chi connectivity index (χ1v) is 18.4. The molecule has 54 heavy (non-hydrogen) atoms. The second-order valence-electron chi connectivity index (χ2n) is 13.7. The zero-order valence-corrected chi connectivity index (χ0v) is 29.6. The quantitative estimate of drug-likeness (QED) is 0.166. The molecule has 1 heterocycles. The van der Waals surface area contributed by atoms with Crippen molar-refractivity contribution < 1.29 is 4.42 Å². The van der Waals surface area contributed by atoms with Crippen LogP contribution in [0.1, 0.15) is 0 Å². The average Bonchev–Trinajstić information content (AvgIpc) is 3.64. The summed E-state index contributed by atoms with van der Waals surface area (Å²) in [6.45, 7) is 0. The fourth-order valence-electron chi connectivity index (χ4n) is 7.86. The van der Waals surface area contributed by atoms with Crippen LogP contribution in [0.4, 0.5) is 17.1 Å². The number of hydrogen-bond donors (Lipinski definition) is 0. The van der Waals surface area contributed by atoms with Gasteiger partial charge in [-0.25, -0.2) is 0 Å². The Morgan fingerprint density at radius 1 is 0.296 bits per heavy atom. The molecule has 0 aliphatic heterocycles. The van der Waals surface area contributed by atoms with Gasteiger partial charge in [0.05, 0.1) is 5.69 Å². The van der Waals surface area contributed by atoms with E-state index in [1.807, 2.05) is 6.07 Å². The van der Waals surface area contributed by atoms with Gasteiger partial charge in [0.15, 0.2) is 0 Å². The summed E-state index contributed by atoms with van der Waals surface area (Å²) in [7, 11) is 0. The number of anilines is 3. The summed E-state index contributed by atoms with van der Waals surface area (Å²) in [5.74, 6) is 0. The van der Waals surface area contributed by atoms with Crippen molar-refractivity contribution in [1.29, 1.82) is 0 Å². The molecule has 0 saturated heterocycles. The predicted octanol–water partition coefficient (Wildman–Crippen LogP) is 14.9. The lowest BCUT2D eigenvalue weighted by Gasteiger charge is -2.28. The smallest absolute Gasteiger partial charge is 0.136 e. The minimum atomic E-state index is 0.898. The van der Waals surface area contributed by atoms with Gasteiger partial charge >= 0.3 is 0 Å².